The summed E-state index contributed by atoms with van der Waals surface area (Å²) >= 11 is 5.98. The number of nitrogens with zero attached hydrogens (tertiary/aromatic N) is 1. The molecule has 122 valence electrons. The molecule has 0 bridgehead atoms. The first kappa shape index (κ1) is 17.4. The number of ether oxygens (including phenoxy) is 1. The summed E-state index contributed by atoms with van der Waals surface area (Å²) in [6.45, 7) is 6.18. The van der Waals surface area contributed by atoms with E-state index in [1.54, 1.807) is 36.4 Å². The average molecular weight is 352 g/mol. The van der Waals surface area contributed by atoms with Crippen LogP contribution in [0.2, 0.25) is 5.02 Å². The third kappa shape index (κ3) is 4.06. The van der Waals surface area contributed by atoms with Crippen LogP contribution >= 0.6 is 11.6 Å². The molecule has 0 radical (unpaired) electrons. The fraction of sp³-hybridized carbons (Fsp3) is 0.176. The van der Waals surface area contributed by atoms with Crippen LogP contribution in [0.4, 0.5) is 5.69 Å². The number of anilines is 1. The average Bonchev–Trinajstić information content (AvgIpc) is 2.53. The quantitative estimate of drug-likeness (QED) is 0.705. The summed E-state index contributed by atoms with van der Waals surface area (Å²) in [7, 11) is -3.72. The minimum atomic E-state index is -3.72. The second-order valence-electron chi connectivity index (χ2n) is 4.71. The Morgan fingerprint density at radius 2 is 1.91 bits per heavy atom. The first-order valence-corrected chi connectivity index (χ1v) is 8.93. The molecule has 2 aromatic carbocycles. The summed E-state index contributed by atoms with van der Waals surface area (Å²) in [5, 5.41) is 0.471. The topological polar surface area (TPSA) is 46.6 Å². The van der Waals surface area contributed by atoms with Crippen molar-refractivity contribution in [2.75, 3.05) is 17.5 Å². The van der Waals surface area contributed by atoms with Crippen LogP contribution in [0.1, 0.15) is 6.92 Å². The lowest BCUT2D eigenvalue weighted by atomic mass is 10.3. The summed E-state index contributed by atoms with van der Waals surface area (Å²) in [4.78, 5) is 0.183. The highest BCUT2D eigenvalue weighted by Gasteiger charge is 2.24. The highest BCUT2D eigenvalue weighted by molar-refractivity contribution is 7.92. The standard InChI is InChI=1S/C17H18ClNO3S/c1-3-12-19(15-7-5-6-14(18)13-15)23(20,21)17-10-8-16(9-11-17)22-4-2/h3,5-11,13H,1,4,12H2,2H3. The first-order chi connectivity index (χ1) is 11.0. The van der Waals surface area contributed by atoms with Gasteiger partial charge in [-0.3, -0.25) is 4.31 Å². The minimum absolute atomic E-state index is 0.149. The summed E-state index contributed by atoms with van der Waals surface area (Å²) in [6.07, 6.45) is 1.53. The van der Waals surface area contributed by atoms with Gasteiger partial charge in [-0.15, -0.1) is 6.58 Å². The minimum Gasteiger partial charge on any atom is -0.494 e. The van der Waals surface area contributed by atoms with Crippen LogP contribution in [-0.2, 0) is 10.0 Å². The van der Waals surface area contributed by atoms with Gasteiger partial charge in [0.25, 0.3) is 10.0 Å². The van der Waals surface area contributed by atoms with E-state index in [1.807, 2.05) is 6.92 Å². The van der Waals surface area contributed by atoms with Gasteiger partial charge in [0.1, 0.15) is 5.75 Å². The number of hydrogen-bond donors (Lipinski definition) is 0. The van der Waals surface area contributed by atoms with Crippen molar-refractivity contribution in [3.8, 4) is 5.75 Å². The lowest BCUT2D eigenvalue weighted by molar-refractivity contribution is 0.340. The highest BCUT2D eigenvalue weighted by Crippen LogP contribution is 2.27. The summed E-state index contributed by atoms with van der Waals surface area (Å²) in [6, 6.07) is 13.0. The molecule has 0 aliphatic heterocycles. The summed E-state index contributed by atoms with van der Waals surface area (Å²) < 4.78 is 32.4. The molecule has 0 heterocycles. The van der Waals surface area contributed by atoms with Crippen LogP contribution in [0.15, 0.2) is 66.1 Å². The fourth-order valence-corrected chi connectivity index (χ4v) is 3.70. The monoisotopic (exact) mass is 351 g/mol. The molecule has 6 heteroatoms. The number of hydrogen-bond acceptors (Lipinski definition) is 3. The molecule has 0 spiro atoms. The van der Waals surface area contributed by atoms with Gasteiger partial charge in [-0.2, -0.15) is 0 Å². The normalized spacial score (nSPS) is 11.0. The van der Waals surface area contributed by atoms with Crippen LogP contribution in [0.25, 0.3) is 0 Å². The predicted molar refractivity (Wildman–Crippen MR) is 93.8 cm³/mol. The first-order valence-electron chi connectivity index (χ1n) is 7.11. The van der Waals surface area contributed by atoms with E-state index in [9.17, 15) is 8.42 Å². The number of sulfonamides is 1. The Morgan fingerprint density at radius 1 is 1.22 bits per heavy atom. The Kier molecular flexibility index (Phi) is 5.69. The van der Waals surface area contributed by atoms with Gasteiger partial charge in [0.15, 0.2) is 0 Å². The van der Waals surface area contributed by atoms with Crippen molar-refractivity contribution in [2.45, 2.75) is 11.8 Å². The van der Waals surface area contributed by atoms with Gasteiger partial charge < -0.3 is 4.74 Å². The smallest absolute Gasteiger partial charge is 0.264 e. The number of benzene rings is 2. The third-order valence-electron chi connectivity index (χ3n) is 3.11. The van der Waals surface area contributed by atoms with Gasteiger partial charge in [-0.25, -0.2) is 8.42 Å². The molecular weight excluding hydrogens is 334 g/mol. The van der Waals surface area contributed by atoms with E-state index >= 15 is 0 Å². The summed E-state index contributed by atoms with van der Waals surface area (Å²) in [5.41, 5.74) is 0.492. The van der Waals surface area contributed by atoms with Crippen LogP contribution < -0.4 is 9.04 Å². The molecule has 23 heavy (non-hydrogen) atoms. The van der Waals surface area contributed by atoms with Crippen molar-refractivity contribution in [1.29, 1.82) is 0 Å². The Balaban J connectivity index is 2.42. The van der Waals surface area contributed by atoms with E-state index in [4.69, 9.17) is 16.3 Å². The largest absolute Gasteiger partial charge is 0.494 e. The Bertz CT molecular complexity index is 773. The predicted octanol–water partition coefficient (Wildman–Crippen LogP) is 4.12. The van der Waals surface area contributed by atoms with Gasteiger partial charge in [-0.05, 0) is 49.4 Å². The van der Waals surface area contributed by atoms with Gasteiger partial charge in [0.2, 0.25) is 0 Å². The maximum atomic E-state index is 12.9. The van der Waals surface area contributed by atoms with Crippen molar-refractivity contribution in [3.63, 3.8) is 0 Å². The Hall–Kier alpha value is -1.98. The maximum absolute atomic E-state index is 12.9. The van der Waals surface area contributed by atoms with Crippen molar-refractivity contribution in [2.24, 2.45) is 0 Å². The molecule has 0 atom stereocenters. The molecule has 0 aromatic heterocycles. The van der Waals surface area contributed by atoms with E-state index < -0.39 is 10.0 Å². The molecule has 0 aliphatic carbocycles. The van der Waals surface area contributed by atoms with Gasteiger partial charge in [0.05, 0.1) is 23.7 Å². The molecule has 0 unspecified atom stereocenters. The molecule has 0 amide bonds. The van der Waals surface area contributed by atoms with E-state index in [-0.39, 0.29) is 11.4 Å². The molecular formula is C17H18ClNO3S. The van der Waals surface area contributed by atoms with Crippen molar-refractivity contribution < 1.29 is 13.2 Å². The molecule has 0 fully saturated rings. The zero-order chi connectivity index (χ0) is 16.9. The molecule has 0 saturated heterocycles. The van der Waals surface area contributed by atoms with Crippen LogP contribution in [0.3, 0.4) is 0 Å². The molecule has 0 N–H and O–H groups in total. The van der Waals surface area contributed by atoms with Crippen molar-refractivity contribution in [3.05, 3.63) is 66.2 Å². The van der Waals surface area contributed by atoms with Gasteiger partial charge in [0, 0.05) is 5.02 Å². The van der Waals surface area contributed by atoms with Crippen molar-refractivity contribution in [1.82, 2.24) is 0 Å². The Morgan fingerprint density at radius 3 is 2.48 bits per heavy atom. The zero-order valence-corrected chi connectivity index (χ0v) is 14.3. The molecule has 0 saturated carbocycles. The SMILES string of the molecule is C=CCN(c1cccc(Cl)c1)S(=O)(=O)c1ccc(OCC)cc1. The third-order valence-corrected chi connectivity index (χ3v) is 5.16. The van der Waals surface area contributed by atoms with E-state index in [0.717, 1.165) is 0 Å². The second kappa shape index (κ2) is 7.53. The van der Waals surface area contributed by atoms with E-state index in [1.165, 1.54) is 22.5 Å². The fourth-order valence-electron chi connectivity index (χ4n) is 2.09. The van der Waals surface area contributed by atoms with Crippen molar-refractivity contribution >= 4 is 27.3 Å². The lowest BCUT2D eigenvalue weighted by Crippen LogP contribution is -2.31. The molecule has 0 aliphatic rings. The Labute approximate surface area is 142 Å². The number of rotatable bonds is 7. The van der Waals surface area contributed by atoms with E-state index in [2.05, 4.69) is 6.58 Å². The summed E-state index contributed by atoms with van der Waals surface area (Å²) in [5.74, 6) is 0.629. The van der Waals surface area contributed by atoms with E-state index in [0.29, 0.717) is 23.1 Å². The molecule has 4 nitrogen and oxygen atoms in total. The highest BCUT2D eigenvalue weighted by atomic mass is 35.5. The number of halogens is 1. The van der Waals surface area contributed by atoms with Crippen LogP contribution in [-0.4, -0.2) is 21.6 Å². The van der Waals surface area contributed by atoms with Gasteiger partial charge in [-0.1, -0.05) is 23.7 Å². The zero-order valence-electron chi connectivity index (χ0n) is 12.8. The van der Waals surface area contributed by atoms with Crippen LogP contribution in [0, 0.1) is 0 Å². The molecule has 2 aromatic rings. The lowest BCUT2D eigenvalue weighted by Gasteiger charge is -2.23. The second-order valence-corrected chi connectivity index (χ2v) is 7.01. The van der Waals surface area contributed by atoms with Crippen LogP contribution in [0.5, 0.6) is 5.75 Å². The maximum Gasteiger partial charge on any atom is 0.264 e. The van der Waals surface area contributed by atoms with Gasteiger partial charge >= 0.3 is 0 Å². The molecule has 2 rings (SSSR count).